The topological polar surface area (TPSA) is 96.0 Å². The number of benzene rings is 3. The first kappa shape index (κ1) is 31.4. The molecule has 0 bridgehead atoms. The fourth-order valence-electron chi connectivity index (χ4n) is 4.03. The van der Waals surface area contributed by atoms with Crippen LogP contribution in [0.4, 0.5) is 5.69 Å². The van der Waals surface area contributed by atoms with Crippen molar-refractivity contribution in [3.05, 3.63) is 87.4 Å². The lowest BCUT2D eigenvalue weighted by Gasteiger charge is -2.32. The molecule has 11 heteroatoms. The summed E-state index contributed by atoms with van der Waals surface area (Å²) in [5.41, 5.74) is 1.75. The van der Waals surface area contributed by atoms with Crippen LogP contribution in [0.25, 0.3) is 0 Å². The van der Waals surface area contributed by atoms with Crippen molar-refractivity contribution in [2.24, 2.45) is 0 Å². The number of nitrogens with zero attached hydrogens (tertiary/aromatic N) is 2. The molecule has 214 valence electrons. The molecule has 3 rings (SSSR count). The van der Waals surface area contributed by atoms with E-state index in [4.69, 9.17) is 16.3 Å². The summed E-state index contributed by atoms with van der Waals surface area (Å²) in [6.45, 7) is 6.60. The smallest absolute Gasteiger partial charge is 0.264 e. The molecule has 0 saturated carbocycles. The molecule has 8 nitrogen and oxygen atoms in total. The summed E-state index contributed by atoms with van der Waals surface area (Å²) >= 11 is 9.71. The molecule has 0 spiro atoms. The second-order valence-corrected chi connectivity index (χ2v) is 12.8. The third-order valence-electron chi connectivity index (χ3n) is 6.14. The fraction of sp³-hybridized carbons (Fsp3) is 0.310. The van der Waals surface area contributed by atoms with E-state index in [-0.39, 0.29) is 39.8 Å². The Balaban J connectivity index is 2.11. The SMILES string of the molecule is COc1ccc(Cl)cc1N(CC(=O)N(Cc1cccc(Br)c1)[C@H](C)C(=O)NC(C)C)S(=O)(=O)c1ccc(C)cc1. The Bertz CT molecular complexity index is 1460. The van der Waals surface area contributed by atoms with Gasteiger partial charge in [0.25, 0.3) is 10.0 Å². The number of rotatable bonds is 11. The lowest BCUT2D eigenvalue weighted by molar-refractivity contribution is -0.139. The number of hydrogen-bond acceptors (Lipinski definition) is 5. The number of methoxy groups -OCH3 is 1. The quantitative estimate of drug-likeness (QED) is 0.293. The number of carbonyl (C=O) groups is 2. The van der Waals surface area contributed by atoms with Crippen LogP contribution in [0.15, 0.2) is 76.1 Å². The summed E-state index contributed by atoms with van der Waals surface area (Å²) in [4.78, 5) is 28.4. The zero-order valence-electron chi connectivity index (χ0n) is 23.0. The summed E-state index contributed by atoms with van der Waals surface area (Å²) in [7, 11) is -2.85. The summed E-state index contributed by atoms with van der Waals surface area (Å²) in [6, 6.07) is 17.2. The maximum Gasteiger partial charge on any atom is 0.264 e. The predicted octanol–water partition coefficient (Wildman–Crippen LogP) is 5.56. The van der Waals surface area contributed by atoms with E-state index < -0.39 is 28.5 Å². The monoisotopic (exact) mass is 649 g/mol. The molecule has 0 saturated heterocycles. The van der Waals surface area contributed by atoms with Crippen LogP contribution in [0.5, 0.6) is 5.75 Å². The van der Waals surface area contributed by atoms with Crippen LogP contribution in [0.3, 0.4) is 0 Å². The number of carbonyl (C=O) groups excluding carboxylic acids is 2. The van der Waals surface area contributed by atoms with Gasteiger partial charge in [-0.25, -0.2) is 8.42 Å². The number of halogens is 2. The molecular weight excluding hydrogens is 618 g/mol. The van der Waals surface area contributed by atoms with Gasteiger partial charge < -0.3 is 15.0 Å². The third-order valence-corrected chi connectivity index (χ3v) is 8.64. The van der Waals surface area contributed by atoms with Gasteiger partial charge in [-0.3, -0.25) is 13.9 Å². The molecular formula is C29H33BrClN3O5S. The van der Waals surface area contributed by atoms with Gasteiger partial charge in [-0.15, -0.1) is 0 Å². The number of anilines is 1. The van der Waals surface area contributed by atoms with Gasteiger partial charge in [-0.1, -0.05) is 57.4 Å². The zero-order valence-corrected chi connectivity index (χ0v) is 26.2. The second-order valence-electron chi connectivity index (χ2n) is 9.63. The van der Waals surface area contributed by atoms with Crippen LogP contribution in [-0.4, -0.2) is 50.9 Å². The maximum atomic E-state index is 14.0. The average molecular weight is 651 g/mol. The van der Waals surface area contributed by atoms with Gasteiger partial charge in [0.15, 0.2) is 0 Å². The van der Waals surface area contributed by atoms with Gasteiger partial charge in [0.05, 0.1) is 17.7 Å². The first-order valence-corrected chi connectivity index (χ1v) is 15.2. The molecule has 3 aromatic carbocycles. The Labute approximate surface area is 249 Å². The van der Waals surface area contributed by atoms with Crippen LogP contribution in [0.2, 0.25) is 5.02 Å². The van der Waals surface area contributed by atoms with Gasteiger partial charge in [0, 0.05) is 22.1 Å². The van der Waals surface area contributed by atoms with E-state index in [9.17, 15) is 18.0 Å². The molecule has 40 heavy (non-hydrogen) atoms. The fourth-order valence-corrected chi connectivity index (χ4v) is 6.06. The van der Waals surface area contributed by atoms with Crippen molar-refractivity contribution < 1.29 is 22.7 Å². The van der Waals surface area contributed by atoms with E-state index in [0.717, 1.165) is 19.9 Å². The average Bonchev–Trinajstić information content (AvgIpc) is 2.89. The van der Waals surface area contributed by atoms with Crippen LogP contribution in [-0.2, 0) is 26.2 Å². The highest BCUT2D eigenvalue weighted by atomic mass is 79.9. The summed E-state index contributed by atoms with van der Waals surface area (Å²) < 4.78 is 35.2. The standard InChI is InChI=1S/C29H33BrClN3O5S/c1-19(2)32-29(36)21(4)33(17-22-7-6-8-23(30)15-22)28(35)18-34(26-16-24(31)11-14-27(26)39-5)40(37,38)25-12-9-20(3)10-13-25/h6-16,19,21H,17-18H2,1-5H3,(H,32,36)/t21-/m1/s1. The number of nitrogens with one attached hydrogen (secondary N) is 1. The second kappa shape index (κ2) is 13.5. The van der Waals surface area contributed by atoms with E-state index in [1.807, 2.05) is 45.0 Å². The number of aryl methyl sites for hydroxylation is 1. The molecule has 0 aliphatic carbocycles. The molecule has 1 atom stereocenters. The lowest BCUT2D eigenvalue weighted by Crippen LogP contribution is -2.52. The Kier molecular flexibility index (Phi) is 10.6. The third kappa shape index (κ3) is 7.77. The van der Waals surface area contributed by atoms with Crippen LogP contribution < -0.4 is 14.4 Å². The summed E-state index contributed by atoms with van der Waals surface area (Å²) in [6.07, 6.45) is 0. The Morgan fingerprint density at radius 2 is 1.70 bits per heavy atom. The molecule has 1 N–H and O–H groups in total. The van der Waals surface area contributed by atoms with Gasteiger partial charge in [0.1, 0.15) is 18.3 Å². The van der Waals surface area contributed by atoms with Crippen molar-refractivity contribution in [2.75, 3.05) is 18.0 Å². The van der Waals surface area contributed by atoms with E-state index in [0.29, 0.717) is 0 Å². The number of ether oxygens (including phenoxy) is 1. The lowest BCUT2D eigenvalue weighted by atomic mass is 10.1. The van der Waals surface area contributed by atoms with Crippen LogP contribution in [0, 0.1) is 6.92 Å². The van der Waals surface area contributed by atoms with Crippen LogP contribution >= 0.6 is 27.5 Å². The van der Waals surface area contributed by atoms with Crippen molar-refractivity contribution >= 4 is 55.1 Å². The van der Waals surface area contributed by atoms with Crippen molar-refractivity contribution in [1.29, 1.82) is 0 Å². The van der Waals surface area contributed by atoms with E-state index in [1.165, 1.54) is 36.3 Å². The van der Waals surface area contributed by atoms with E-state index in [1.54, 1.807) is 25.1 Å². The normalized spacial score (nSPS) is 12.1. The van der Waals surface area contributed by atoms with Crippen molar-refractivity contribution in [2.45, 2.75) is 51.2 Å². The highest BCUT2D eigenvalue weighted by Gasteiger charge is 2.34. The zero-order chi connectivity index (χ0) is 29.6. The molecule has 0 heterocycles. The first-order valence-electron chi connectivity index (χ1n) is 12.6. The number of amides is 2. The molecule has 0 aliphatic rings. The Hall–Kier alpha value is -3.08. The minimum Gasteiger partial charge on any atom is -0.495 e. The van der Waals surface area contributed by atoms with Crippen molar-refractivity contribution in [3.8, 4) is 5.75 Å². The largest absolute Gasteiger partial charge is 0.495 e. The Morgan fingerprint density at radius 1 is 1.02 bits per heavy atom. The molecule has 0 aromatic heterocycles. The van der Waals surface area contributed by atoms with Gasteiger partial charge in [-0.05, 0) is 75.7 Å². The van der Waals surface area contributed by atoms with Gasteiger partial charge in [-0.2, -0.15) is 0 Å². The molecule has 0 aliphatic heterocycles. The maximum absolute atomic E-state index is 14.0. The van der Waals surface area contributed by atoms with Crippen molar-refractivity contribution in [1.82, 2.24) is 10.2 Å². The molecule has 0 radical (unpaired) electrons. The Morgan fingerprint density at radius 3 is 2.30 bits per heavy atom. The number of hydrogen-bond donors (Lipinski definition) is 1. The first-order chi connectivity index (χ1) is 18.8. The number of sulfonamides is 1. The predicted molar refractivity (Wildman–Crippen MR) is 161 cm³/mol. The van der Waals surface area contributed by atoms with Gasteiger partial charge >= 0.3 is 0 Å². The van der Waals surface area contributed by atoms with E-state index in [2.05, 4.69) is 21.2 Å². The van der Waals surface area contributed by atoms with Gasteiger partial charge in [0.2, 0.25) is 11.8 Å². The highest BCUT2D eigenvalue weighted by molar-refractivity contribution is 9.10. The minimum atomic E-state index is -4.25. The summed E-state index contributed by atoms with van der Waals surface area (Å²) in [5.74, 6) is -0.715. The molecule has 0 fully saturated rings. The molecule has 0 unspecified atom stereocenters. The molecule has 2 amide bonds. The van der Waals surface area contributed by atoms with Crippen molar-refractivity contribution in [3.63, 3.8) is 0 Å². The van der Waals surface area contributed by atoms with E-state index >= 15 is 0 Å². The minimum absolute atomic E-state index is 0.00271. The van der Waals surface area contributed by atoms with Crippen LogP contribution in [0.1, 0.15) is 31.9 Å². The highest BCUT2D eigenvalue weighted by Crippen LogP contribution is 2.35. The molecule has 3 aromatic rings. The summed E-state index contributed by atoms with van der Waals surface area (Å²) in [5, 5.41) is 3.10.